The van der Waals surface area contributed by atoms with E-state index >= 15 is 0 Å². The molecule has 128 valence electrons. The van der Waals surface area contributed by atoms with Gasteiger partial charge in [-0.05, 0) is 33.6 Å². The Labute approximate surface area is 136 Å². The van der Waals surface area contributed by atoms with Crippen LogP contribution in [0.2, 0.25) is 0 Å². The largest absolute Gasteiger partial charge is 0.333 e. The Balaban J connectivity index is 1.94. The highest BCUT2D eigenvalue weighted by Gasteiger charge is 2.51. The molecule has 2 aliphatic rings. The van der Waals surface area contributed by atoms with E-state index in [4.69, 9.17) is 0 Å². The summed E-state index contributed by atoms with van der Waals surface area (Å²) in [5.41, 5.74) is -1.08. The number of carbonyl (C=O) groups is 4. The Bertz CT molecular complexity index is 530. The van der Waals surface area contributed by atoms with Crippen LogP contribution in [0.3, 0.4) is 0 Å². The van der Waals surface area contributed by atoms with E-state index in [1.54, 1.807) is 20.8 Å². The molecule has 1 aliphatic heterocycles. The fourth-order valence-corrected chi connectivity index (χ4v) is 3.32. The minimum Gasteiger partial charge on any atom is -0.333 e. The van der Waals surface area contributed by atoms with E-state index in [-0.39, 0.29) is 18.2 Å². The number of urea groups is 1. The Hall–Kier alpha value is -1.92. The van der Waals surface area contributed by atoms with Gasteiger partial charge in [0.15, 0.2) is 0 Å². The molecular formula is C16H25N3O4. The van der Waals surface area contributed by atoms with Gasteiger partial charge >= 0.3 is 6.03 Å². The molecule has 23 heavy (non-hydrogen) atoms. The lowest BCUT2D eigenvalue weighted by atomic mass is 9.73. The third-order valence-corrected chi connectivity index (χ3v) is 4.34. The number of rotatable bonds is 2. The fourth-order valence-electron chi connectivity index (χ4n) is 3.32. The standard InChI is InChI=1S/C16H25N3O4/c1-15(2,3)18-14(23)17-11(20)10-19-12(21)9-16(13(19)22)7-5-4-6-8-16/h4-10H2,1-3H3,(H2,17,18,20,23). The lowest BCUT2D eigenvalue weighted by molar-refractivity contribution is -0.145. The first-order valence-corrected chi connectivity index (χ1v) is 8.10. The van der Waals surface area contributed by atoms with Crippen LogP contribution in [0.15, 0.2) is 0 Å². The third-order valence-electron chi connectivity index (χ3n) is 4.34. The maximum atomic E-state index is 12.6. The van der Waals surface area contributed by atoms with Crippen molar-refractivity contribution in [1.29, 1.82) is 0 Å². The van der Waals surface area contributed by atoms with Crippen molar-refractivity contribution in [2.45, 2.75) is 64.8 Å². The fraction of sp³-hybridized carbons (Fsp3) is 0.750. The van der Waals surface area contributed by atoms with Gasteiger partial charge in [0, 0.05) is 12.0 Å². The second-order valence-electron chi connectivity index (χ2n) is 7.56. The van der Waals surface area contributed by atoms with Gasteiger partial charge in [0.1, 0.15) is 6.54 Å². The van der Waals surface area contributed by atoms with Gasteiger partial charge < -0.3 is 5.32 Å². The number of nitrogens with zero attached hydrogens (tertiary/aromatic N) is 1. The molecule has 2 fully saturated rings. The molecule has 1 heterocycles. The van der Waals surface area contributed by atoms with E-state index in [0.29, 0.717) is 12.8 Å². The summed E-state index contributed by atoms with van der Waals surface area (Å²) in [5.74, 6) is -1.22. The Kier molecular flexibility index (Phi) is 4.77. The number of likely N-dealkylation sites (tertiary alicyclic amines) is 1. The Morgan fingerprint density at radius 1 is 1.13 bits per heavy atom. The molecule has 1 spiro atoms. The maximum absolute atomic E-state index is 12.6. The number of hydrogen-bond acceptors (Lipinski definition) is 4. The van der Waals surface area contributed by atoms with E-state index in [2.05, 4.69) is 10.6 Å². The van der Waals surface area contributed by atoms with E-state index < -0.39 is 29.4 Å². The summed E-state index contributed by atoms with van der Waals surface area (Å²) < 4.78 is 0. The van der Waals surface area contributed by atoms with Gasteiger partial charge in [-0.15, -0.1) is 0 Å². The second-order valence-corrected chi connectivity index (χ2v) is 7.56. The van der Waals surface area contributed by atoms with Crippen LogP contribution in [0, 0.1) is 5.41 Å². The molecular weight excluding hydrogens is 298 g/mol. The molecule has 0 aromatic carbocycles. The minimum absolute atomic E-state index is 0.188. The van der Waals surface area contributed by atoms with E-state index in [9.17, 15) is 19.2 Å². The lowest BCUT2D eigenvalue weighted by Crippen LogP contribution is -2.51. The van der Waals surface area contributed by atoms with Crippen molar-refractivity contribution in [2.24, 2.45) is 5.41 Å². The van der Waals surface area contributed by atoms with Gasteiger partial charge in [-0.3, -0.25) is 24.6 Å². The van der Waals surface area contributed by atoms with Gasteiger partial charge in [0.25, 0.3) is 0 Å². The van der Waals surface area contributed by atoms with Crippen molar-refractivity contribution in [3.8, 4) is 0 Å². The number of hydrogen-bond donors (Lipinski definition) is 2. The van der Waals surface area contributed by atoms with Crippen molar-refractivity contribution >= 4 is 23.8 Å². The Morgan fingerprint density at radius 3 is 2.30 bits per heavy atom. The van der Waals surface area contributed by atoms with Crippen molar-refractivity contribution in [3.05, 3.63) is 0 Å². The molecule has 0 aromatic rings. The predicted octanol–water partition coefficient (Wildman–Crippen LogP) is 1.32. The molecule has 2 rings (SSSR count). The minimum atomic E-state index is -0.652. The molecule has 1 aliphatic carbocycles. The normalized spacial score (nSPS) is 20.7. The van der Waals surface area contributed by atoms with Gasteiger partial charge in [0.05, 0.1) is 5.41 Å². The highest BCUT2D eigenvalue weighted by atomic mass is 16.2. The molecule has 7 heteroatoms. The molecule has 5 amide bonds. The number of carbonyl (C=O) groups excluding carboxylic acids is 4. The maximum Gasteiger partial charge on any atom is 0.321 e. The zero-order valence-corrected chi connectivity index (χ0v) is 14.0. The van der Waals surface area contributed by atoms with E-state index in [0.717, 1.165) is 24.2 Å². The molecule has 2 N–H and O–H groups in total. The molecule has 1 saturated heterocycles. The summed E-state index contributed by atoms with van der Waals surface area (Å²) in [7, 11) is 0. The molecule has 1 saturated carbocycles. The van der Waals surface area contributed by atoms with Crippen molar-refractivity contribution in [1.82, 2.24) is 15.5 Å². The van der Waals surface area contributed by atoms with Crippen LogP contribution in [0.1, 0.15) is 59.3 Å². The average Bonchev–Trinajstić information content (AvgIpc) is 2.62. The molecule has 0 unspecified atom stereocenters. The average molecular weight is 323 g/mol. The van der Waals surface area contributed by atoms with Crippen molar-refractivity contribution < 1.29 is 19.2 Å². The van der Waals surface area contributed by atoms with Gasteiger partial charge in [0.2, 0.25) is 17.7 Å². The summed E-state index contributed by atoms with van der Waals surface area (Å²) in [5, 5.41) is 4.76. The molecule has 0 radical (unpaired) electrons. The lowest BCUT2D eigenvalue weighted by Gasteiger charge is -2.30. The van der Waals surface area contributed by atoms with Crippen LogP contribution >= 0.6 is 0 Å². The van der Waals surface area contributed by atoms with Crippen LogP contribution in [-0.4, -0.2) is 40.7 Å². The number of imide groups is 2. The second kappa shape index (κ2) is 6.29. The Morgan fingerprint density at radius 2 is 1.74 bits per heavy atom. The van der Waals surface area contributed by atoms with Gasteiger partial charge in [-0.1, -0.05) is 19.3 Å². The van der Waals surface area contributed by atoms with E-state index in [1.165, 1.54) is 0 Å². The third kappa shape index (κ3) is 4.09. The first-order chi connectivity index (χ1) is 10.6. The summed E-state index contributed by atoms with van der Waals surface area (Å²) >= 11 is 0. The molecule has 0 aromatic heterocycles. The van der Waals surface area contributed by atoms with E-state index in [1.807, 2.05) is 0 Å². The number of nitrogens with one attached hydrogen (secondary N) is 2. The van der Waals surface area contributed by atoms with Crippen LogP contribution in [0.25, 0.3) is 0 Å². The van der Waals surface area contributed by atoms with Crippen molar-refractivity contribution in [3.63, 3.8) is 0 Å². The summed E-state index contributed by atoms with van der Waals surface area (Å²) in [4.78, 5) is 49.3. The summed E-state index contributed by atoms with van der Waals surface area (Å²) in [6.45, 7) is 4.98. The van der Waals surface area contributed by atoms with Crippen LogP contribution in [0.4, 0.5) is 4.79 Å². The quantitative estimate of drug-likeness (QED) is 0.749. The first-order valence-electron chi connectivity index (χ1n) is 8.10. The first kappa shape index (κ1) is 17.4. The topological polar surface area (TPSA) is 95.6 Å². The van der Waals surface area contributed by atoms with Crippen LogP contribution < -0.4 is 10.6 Å². The molecule has 0 bridgehead atoms. The highest BCUT2D eigenvalue weighted by Crippen LogP contribution is 2.45. The highest BCUT2D eigenvalue weighted by molar-refractivity contribution is 6.09. The molecule has 7 nitrogen and oxygen atoms in total. The van der Waals surface area contributed by atoms with Gasteiger partial charge in [-0.2, -0.15) is 0 Å². The molecule has 0 atom stereocenters. The van der Waals surface area contributed by atoms with Crippen molar-refractivity contribution in [2.75, 3.05) is 6.54 Å². The monoisotopic (exact) mass is 323 g/mol. The van der Waals surface area contributed by atoms with Gasteiger partial charge in [-0.25, -0.2) is 4.79 Å². The zero-order valence-electron chi connectivity index (χ0n) is 14.0. The van der Waals surface area contributed by atoms with Crippen LogP contribution in [-0.2, 0) is 14.4 Å². The summed E-state index contributed by atoms with van der Waals surface area (Å²) in [6.07, 6.45) is 4.56. The van der Waals surface area contributed by atoms with Crippen LogP contribution in [0.5, 0.6) is 0 Å². The zero-order chi connectivity index (χ0) is 17.3. The SMILES string of the molecule is CC(C)(C)NC(=O)NC(=O)CN1C(=O)CC2(CCCCC2)C1=O. The predicted molar refractivity (Wildman–Crippen MR) is 83.3 cm³/mol. The summed E-state index contributed by atoms with van der Waals surface area (Å²) in [6, 6.07) is -0.631. The number of amides is 5. The smallest absolute Gasteiger partial charge is 0.321 e.